The Hall–Kier alpha value is -3.90. The number of rotatable bonds is 34. The Balaban J connectivity index is 1.39. The summed E-state index contributed by atoms with van der Waals surface area (Å²) in [6, 6.07) is 27.2. The van der Waals surface area contributed by atoms with Crippen molar-refractivity contribution in [3.63, 3.8) is 0 Å². The van der Waals surface area contributed by atoms with Crippen molar-refractivity contribution in [3.8, 4) is 22.3 Å². The Labute approximate surface area is 485 Å². The van der Waals surface area contributed by atoms with E-state index in [1.165, 1.54) is 122 Å². The summed E-state index contributed by atoms with van der Waals surface area (Å²) in [6.07, 6.45) is 21.4. The summed E-state index contributed by atoms with van der Waals surface area (Å²) < 4.78 is 27.2. The van der Waals surface area contributed by atoms with Gasteiger partial charge in [-0.1, -0.05) is 199 Å². The fraction of sp³-hybridized carbons (Fsp3) is 0.559. The molecule has 4 aromatic rings. The van der Waals surface area contributed by atoms with E-state index in [0.717, 1.165) is 71.4 Å². The van der Waals surface area contributed by atoms with Crippen LogP contribution in [-0.2, 0) is 39.4 Å². The summed E-state index contributed by atoms with van der Waals surface area (Å²) in [5, 5.41) is 0. The lowest BCUT2D eigenvalue weighted by atomic mass is 9.70. The van der Waals surface area contributed by atoms with Gasteiger partial charge in [-0.05, 0) is 145 Å². The first-order valence-corrected chi connectivity index (χ1v) is 32.1. The third-order valence-electron chi connectivity index (χ3n) is 17.3. The summed E-state index contributed by atoms with van der Waals surface area (Å²) in [5.74, 6) is -0.452. The molecule has 2 amide bonds. The summed E-state index contributed by atoms with van der Waals surface area (Å²) in [5.41, 5.74) is 13.7. The number of benzene rings is 4. The van der Waals surface area contributed by atoms with E-state index < -0.39 is 12.6 Å². The largest absolute Gasteiger partial charge is 0.351 e. The first-order valence-electron chi connectivity index (χ1n) is 30.5. The molecule has 0 N–H and O–H groups in total. The molecular formula is C68H90Br2N2O6. The predicted molar refractivity (Wildman–Crippen MR) is 327 cm³/mol. The highest BCUT2D eigenvalue weighted by molar-refractivity contribution is 9.10. The summed E-state index contributed by atoms with van der Waals surface area (Å²) in [6.45, 7) is 18.8. The average Bonchev–Trinajstić information content (AvgIpc) is 4.29. The van der Waals surface area contributed by atoms with E-state index in [9.17, 15) is 0 Å². The van der Waals surface area contributed by atoms with Gasteiger partial charge in [0, 0.05) is 46.2 Å². The van der Waals surface area contributed by atoms with E-state index in [2.05, 4.69) is 132 Å². The lowest BCUT2D eigenvalue weighted by Gasteiger charge is -2.34. The zero-order valence-corrected chi connectivity index (χ0v) is 51.7. The van der Waals surface area contributed by atoms with Crippen molar-refractivity contribution in [2.75, 3.05) is 39.5 Å². The first kappa shape index (κ1) is 60.2. The highest BCUT2D eigenvalue weighted by Gasteiger charge is 2.52. The van der Waals surface area contributed by atoms with Gasteiger partial charge >= 0.3 is 0 Å². The Morgan fingerprint density at radius 2 is 0.692 bits per heavy atom. The molecule has 0 atom stereocenters. The second kappa shape index (κ2) is 28.2. The van der Waals surface area contributed by atoms with E-state index in [0.29, 0.717) is 49.0 Å². The number of hydrogen-bond acceptors (Lipinski definition) is 6. The van der Waals surface area contributed by atoms with Crippen LogP contribution in [0.5, 0.6) is 0 Å². The molecule has 0 aromatic heterocycles. The quantitative estimate of drug-likeness (QED) is 0.0343. The van der Waals surface area contributed by atoms with Gasteiger partial charge in [0.15, 0.2) is 12.6 Å². The maximum atomic E-state index is 16.2. The topological polar surface area (TPSA) is 77.5 Å². The molecule has 2 heterocycles. The number of nitrogens with zero attached hydrogens (tertiary/aromatic N) is 2. The molecule has 8 rings (SSSR count). The van der Waals surface area contributed by atoms with Gasteiger partial charge in [-0.2, -0.15) is 0 Å². The fourth-order valence-corrected chi connectivity index (χ4v) is 14.4. The highest BCUT2D eigenvalue weighted by atomic mass is 79.9. The molecule has 0 unspecified atom stereocenters. The van der Waals surface area contributed by atoms with E-state index in [-0.39, 0.29) is 35.7 Å². The lowest BCUT2D eigenvalue weighted by Crippen LogP contribution is -2.39. The maximum Gasteiger partial charge on any atom is 0.261 e. The number of fused-ring (bicyclic) bond motifs is 7. The zero-order chi connectivity index (χ0) is 55.4. The van der Waals surface area contributed by atoms with Gasteiger partial charge in [-0.25, -0.2) is 0 Å². The molecule has 10 heteroatoms. The minimum Gasteiger partial charge on any atom is -0.351 e. The minimum absolute atomic E-state index is 0.125. The number of unbranched alkanes of at least 4 members (excludes halogenated alkanes) is 12. The van der Waals surface area contributed by atoms with Crippen molar-refractivity contribution in [2.45, 2.75) is 207 Å². The highest BCUT2D eigenvalue weighted by Crippen LogP contribution is 2.58. The molecule has 8 nitrogen and oxygen atoms in total. The standard InChI is InChI=1S/C68H90Br2N2O6/c1-9-17-21-25-37-67(38-26-22-18-10-2)55-41-47(29-33-51(55)53-35-31-49(69)43-57(53)67)63-61-62(66(74)71(63)45-59(75-13-5)76-14-6)64(72(65(61)73)46-60(77-15-7)78-16-8)48-30-34-52-54-36-32-50(70)44-58(54)68(56(52)42-48,39-27-23-19-11-3)40-28-24-20-12-4/h29-36,41-44,59-60H,9-28,37-40,45-46H2,1-8H3. The third kappa shape index (κ3) is 12.3. The van der Waals surface area contributed by atoms with E-state index >= 15 is 9.59 Å². The van der Waals surface area contributed by atoms with Crippen LogP contribution < -0.4 is 0 Å². The van der Waals surface area contributed by atoms with Gasteiger partial charge in [-0.15, -0.1) is 0 Å². The van der Waals surface area contributed by atoms with Crippen LogP contribution in [0.3, 0.4) is 0 Å². The van der Waals surface area contributed by atoms with Gasteiger partial charge in [0.2, 0.25) is 0 Å². The van der Waals surface area contributed by atoms with E-state index in [1.54, 1.807) is 0 Å². The molecule has 422 valence electrons. The number of amides is 2. The molecule has 0 bridgehead atoms. The molecular weight excluding hydrogens is 1100 g/mol. The monoisotopic (exact) mass is 1190 g/mol. The Morgan fingerprint density at radius 3 is 0.987 bits per heavy atom. The molecule has 2 aliphatic carbocycles. The Morgan fingerprint density at radius 1 is 0.397 bits per heavy atom. The molecule has 78 heavy (non-hydrogen) atoms. The number of halogens is 2. The van der Waals surface area contributed by atoms with Crippen molar-refractivity contribution in [3.05, 3.63) is 126 Å². The van der Waals surface area contributed by atoms with Crippen LogP contribution in [0, 0.1) is 0 Å². The summed E-state index contributed by atoms with van der Waals surface area (Å²) in [4.78, 5) is 35.9. The predicted octanol–water partition coefficient (Wildman–Crippen LogP) is 18.2. The SMILES string of the molecule is CCCCCCC1(CCCCCC)c2cc(Br)ccc2-c2ccc(C3=C4C(=O)N(CC(OCC)OCC)C(c5ccc6c(c5)C(CCCCCC)(CCCCCC)c5cc(Br)ccc5-6)=C4C(=O)N3CC(OCC)OCC)cc21. The van der Waals surface area contributed by atoms with Crippen LogP contribution in [0.2, 0.25) is 0 Å². The maximum absolute atomic E-state index is 16.2. The van der Waals surface area contributed by atoms with Gasteiger partial charge in [0.05, 0.1) is 35.6 Å². The molecule has 4 aliphatic rings. The van der Waals surface area contributed by atoms with Crippen LogP contribution in [-0.4, -0.2) is 73.7 Å². The molecule has 0 fully saturated rings. The lowest BCUT2D eigenvalue weighted by molar-refractivity contribution is -0.151. The second-order valence-electron chi connectivity index (χ2n) is 22.3. The number of carbonyl (C=O) groups is 2. The van der Waals surface area contributed by atoms with Crippen molar-refractivity contribution >= 4 is 55.1 Å². The zero-order valence-electron chi connectivity index (χ0n) is 48.6. The van der Waals surface area contributed by atoms with Crippen LogP contribution >= 0.6 is 31.9 Å². The minimum atomic E-state index is -0.708. The number of carbonyl (C=O) groups excluding carboxylic acids is 2. The average molecular weight is 1190 g/mol. The first-order chi connectivity index (χ1) is 38.0. The van der Waals surface area contributed by atoms with Crippen molar-refractivity contribution in [1.82, 2.24) is 9.80 Å². The van der Waals surface area contributed by atoms with Crippen molar-refractivity contribution in [2.24, 2.45) is 0 Å². The Bertz CT molecular complexity index is 2560. The van der Waals surface area contributed by atoms with Crippen molar-refractivity contribution in [1.29, 1.82) is 0 Å². The van der Waals surface area contributed by atoms with E-state index in [1.807, 2.05) is 37.5 Å². The van der Waals surface area contributed by atoms with Gasteiger partial charge < -0.3 is 28.7 Å². The molecule has 0 saturated heterocycles. The van der Waals surface area contributed by atoms with Crippen LogP contribution in [0.4, 0.5) is 0 Å². The summed E-state index contributed by atoms with van der Waals surface area (Å²) in [7, 11) is 0. The second-order valence-corrected chi connectivity index (χ2v) is 24.1. The smallest absolute Gasteiger partial charge is 0.261 e. The summed E-state index contributed by atoms with van der Waals surface area (Å²) >= 11 is 7.81. The molecule has 2 aliphatic heterocycles. The molecule has 0 saturated carbocycles. The van der Waals surface area contributed by atoms with Crippen LogP contribution in [0.1, 0.15) is 217 Å². The van der Waals surface area contributed by atoms with Gasteiger partial charge in [0.25, 0.3) is 11.8 Å². The van der Waals surface area contributed by atoms with Crippen LogP contribution in [0.25, 0.3) is 33.6 Å². The molecule has 0 radical (unpaired) electrons. The van der Waals surface area contributed by atoms with Crippen LogP contribution in [0.15, 0.2) is 92.9 Å². The van der Waals surface area contributed by atoms with E-state index in [4.69, 9.17) is 18.9 Å². The normalized spacial score (nSPS) is 15.9. The van der Waals surface area contributed by atoms with Gasteiger partial charge in [0.1, 0.15) is 0 Å². The molecule has 0 spiro atoms. The van der Waals surface area contributed by atoms with Gasteiger partial charge in [-0.3, -0.25) is 9.59 Å². The fourth-order valence-electron chi connectivity index (χ4n) is 13.7. The Kier molecular flexibility index (Phi) is 21.8. The third-order valence-corrected chi connectivity index (χ3v) is 18.3. The number of ether oxygens (including phenoxy) is 4. The molecule has 4 aromatic carbocycles. The number of hydrogen-bond donors (Lipinski definition) is 0. The van der Waals surface area contributed by atoms with Crippen molar-refractivity contribution < 1.29 is 28.5 Å².